The van der Waals surface area contributed by atoms with Crippen LogP contribution in [0.3, 0.4) is 0 Å². The van der Waals surface area contributed by atoms with E-state index in [1.165, 1.54) is 88.2 Å². The van der Waals surface area contributed by atoms with Gasteiger partial charge in [-0.3, -0.25) is 0 Å². The van der Waals surface area contributed by atoms with E-state index < -0.39 is 0 Å². The Hall–Kier alpha value is -2.09. The zero-order valence-electron chi connectivity index (χ0n) is 21.4. The lowest BCUT2D eigenvalue weighted by molar-refractivity contribution is 0.0734. The van der Waals surface area contributed by atoms with Crippen LogP contribution in [0.25, 0.3) is 0 Å². The van der Waals surface area contributed by atoms with Gasteiger partial charge in [0.2, 0.25) is 0 Å². The summed E-state index contributed by atoms with van der Waals surface area (Å²) < 4.78 is 5.61. The minimum atomic E-state index is -0.268. The highest BCUT2D eigenvalue weighted by molar-refractivity contribution is 5.91. The lowest BCUT2D eigenvalue weighted by Crippen LogP contribution is -2.25. The average Bonchev–Trinajstić information content (AvgIpc) is 2.89. The molecule has 184 valence electrons. The molecule has 0 heterocycles. The summed E-state index contributed by atoms with van der Waals surface area (Å²) >= 11 is 0. The molecular formula is C32H44O2. The van der Waals surface area contributed by atoms with Crippen molar-refractivity contribution in [3.8, 4) is 5.75 Å². The van der Waals surface area contributed by atoms with Gasteiger partial charge in [0.15, 0.2) is 0 Å². The number of benzene rings is 2. The smallest absolute Gasteiger partial charge is 0.343 e. The molecule has 2 aromatic carbocycles. The predicted octanol–water partition coefficient (Wildman–Crippen LogP) is 9.13. The molecule has 2 fully saturated rings. The van der Waals surface area contributed by atoms with Crippen LogP contribution in [0.5, 0.6) is 5.75 Å². The Morgan fingerprint density at radius 3 is 1.97 bits per heavy atom. The highest BCUT2D eigenvalue weighted by Crippen LogP contribution is 2.44. The predicted molar refractivity (Wildman–Crippen MR) is 142 cm³/mol. The Bertz CT molecular complexity index is 866. The van der Waals surface area contributed by atoms with E-state index >= 15 is 0 Å². The van der Waals surface area contributed by atoms with E-state index in [0.29, 0.717) is 17.2 Å². The molecular weight excluding hydrogens is 416 g/mol. The fourth-order valence-electron chi connectivity index (χ4n) is 6.44. The molecule has 0 saturated heterocycles. The van der Waals surface area contributed by atoms with E-state index in [-0.39, 0.29) is 5.97 Å². The van der Waals surface area contributed by atoms with Crippen molar-refractivity contribution in [3.05, 3.63) is 65.2 Å². The monoisotopic (exact) mass is 460 g/mol. The Morgan fingerprint density at radius 1 is 0.765 bits per heavy atom. The number of esters is 1. The van der Waals surface area contributed by atoms with Gasteiger partial charge in [-0.05, 0) is 110 Å². The second-order valence-electron chi connectivity index (χ2n) is 10.9. The summed E-state index contributed by atoms with van der Waals surface area (Å²) in [5.41, 5.74) is 3.32. The van der Waals surface area contributed by atoms with Crippen molar-refractivity contribution in [1.82, 2.24) is 0 Å². The fourth-order valence-corrected chi connectivity index (χ4v) is 6.44. The molecule has 0 atom stereocenters. The van der Waals surface area contributed by atoms with Gasteiger partial charge in [-0.1, -0.05) is 70.2 Å². The largest absolute Gasteiger partial charge is 0.423 e. The third kappa shape index (κ3) is 6.74. The summed E-state index contributed by atoms with van der Waals surface area (Å²) in [5.74, 6) is 3.93. The maximum Gasteiger partial charge on any atom is 0.343 e. The quantitative estimate of drug-likeness (QED) is 0.275. The number of ether oxygens (including phenoxy) is 1. The van der Waals surface area contributed by atoms with E-state index in [1.54, 1.807) is 0 Å². The lowest BCUT2D eigenvalue weighted by Gasteiger charge is -2.38. The minimum Gasteiger partial charge on any atom is -0.423 e. The van der Waals surface area contributed by atoms with Gasteiger partial charge in [0.25, 0.3) is 0 Å². The number of hydrogen-bond acceptors (Lipinski definition) is 2. The normalized spacial score (nSPS) is 25.1. The number of carbonyl (C=O) groups excluding carboxylic acids is 1. The number of hydrogen-bond donors (Lipinski definition) is 0. The zero-order chi connectivity index (χ0) is 23.8. The number of aryl methyl sites for hydroxylation is 1. The Labute approximate surface area is 207 Å². The molecule has 2 aromatic rings. The maximum atomic E-state index is 12.6. The van der Waals surface area contributed by atoms with Crippen molar-refractivity contribution in [3.63, 3.8) is 0 Å². The van der Waals surface area contributed by atoms with Crippen molar-refractivity contribution in [2.24, 2.45) is 17.8 Å². The molecule has 0 amide bonds. The Morgan fingerprint density at radius 2 is 1.38 bits per heavy atom. The Kier molecular flexibility index (Phi) is 9.25. The van der Waals surface area contributed by atoms with Crippen molar-refractivity contribution in [2.45, 2.75) is 103 Å². The van der Waals surface area contributed by atoms with Gasteiger partial charge in [0.05, 0.1) is 5.56 Å². The van der Waals surface area contributed by atoms with Crippen molar-refractivity contribution in [2.75, 3.05) is 0 Å². The molecule has 0 bridgehead atoms. The number of carbonyl (C=O) groups is 1. The van der Waals surface area contributed by atoms with Crippen LogP contribution in [-0.2, 0) is 6.42 Å². The fraction of sp³-hybridized carbons (Fsp3) is 0.594. The summed E-state index contributed by atoms with van der Waals surface area (Å²) in [5, 5.41) is 0. The van der Waals surface area contributed by atoms with E-state index in [2.05, 4.69) is 38.1 Å². The van der Waals surface area contributed by atoms with Crippen molar-refractivity contribution >= 4 is 5.97 Å². The van der Waals surface area contributed by atoms with Crippen LogP contribution in [0.4, 0.5) is 0 Å². The second kappa shape index (κ2) is 12.6. The number of unbranched alkanes of at least 4 members (excludes halogenated alkanes) is 1. The first kappa shape index (κ1) is 25.0. The van der Waals surface area contributed by atoms with Gasteiger partial charge in [0.1, 0.15) is 5.75 Å². The number of rotatable bonds is 9. The molecule has 2 saturated carbocycles. The van der Waals surface area contributed by atoms with Gasteiger partial charge in [-0.15, -0.1) is 0 Å². The molecule has 0 radical (unpaired) electrons. The Balaban J connectivity index is 1.24. The topological polar surface area (TPSA) is 26.3 Å². The van der Waals surface area contributed by atoms with E-state index in [0.717, 1.165) is 24.2 Å². The van der Waals surface area contributed by atoms with Crippen molar-refractivity contribution in [1.29, 1.82) is 0 Å². The first-order valence-corrected chi connectivity index (χ1v) is 14.1. The highest BCUT2D eigenvalue weighted by atomic mass is 16.5. The van der Waals surface area contributed by atoms with E-state index in [9.17, 15) is 4.79 Å². The van der Waals surface area contributed by atoms with Crippen LogP contribution in [-0.4, -0.2) is 5.97 Å². The molecule has 0 aromatic heterocycles. The first-order chi connectivity index (χ1) is 16.7. The molecule has 2 nitrogen and oxygen atoms in total. The van der Waals surface area contributed by atoms with Gasteiger partial charge in [-0.25, -0.2) is 4.79 Å². The summed E-state index contributed by atoms with van der Waals surface area (Å²) in [6.07, 6.45) is 17.5. The molecule has 34 heavy (non-hydrogen) atoms. The molecule has 2 heteroatoms. The minimum absolute atomic E-state index is 0.268. The third-order valence-electron chi connectivity index (χ3n) is 8.60. The summed E-state index contributed by atoms with van der Waals surface area (Å²) in [7, 11) is 0. The molecule has 0 unspecified atom stereocenters. The van der Waals surface area contributed by atoms with Gasteiger partial charge >= 0.3 is 5.97 Å². The van der Waals surface area contributed by atoms with Gasteiger partial charge in [-0.2, -0.15) is 0 Å². The standard InChI is InChI=1S/C32H44O2/c1-3-5-7-25-10-22-31(23-11-25)34-32(33)30-20-18-29(19-21-30)28-16-14-27(15-17-28)26-12-8-24(6-4-2)9-13-26/h10-11,18-24,26-28H,3-9,12-17H2,1-2H3/t24-,26-,27?,28?. The highest BCUT2D eigenvalue weighted by Gasteiger charge is 2.31. The maximum absolute atomic E-state index is 12.6. The molecule has 2 aliphatic rings. The summed E-state index contributed by atoms with van der Waals surface area (Å²) in [6, 6.07) is 16.2. The van der Waals surface area contributed by atoms with E-state index in [1.807, 2.05) is 24.3 Å². The van der Waals surface area contributed by atoms with Crippen LogP contribution in [0, 0.1) is 17.8 Å². The molecule has 0 aliphatic heterocycles. The molecule has 0 spiro atoms. The SMILES string of the molecule is CCCCc1ccc(OC(=O)c2ccc(C3CCC([C@H]4CC[C@H](CCC)CC4)CC3)cc2)cc1. The van der Waals surface area contributed by atoms with Crippen LogP contribution >= 0.6 is 0 Å². The second-order valence-corrected chi connectivity index (χ2v) is 10.9. The zero-order valence-corrected chi connectivity index (χ0v) is 21.4. The molecule has 4 rings (SSSR count). The third-order valence-corrected chi connectivity index (χ3v) is 8.60. The van der Waals surface area contributed by atoms with E-state index in [4.69, 9.17) is 4.74 Å². The average molecular weight is 461 g/mol. The molecule has 2 aliphatic carbocycles. The van der Waals surface area contributed by atoms with Gasteiger partial charge < -0.3 is 4.74 Å². The summed E-state index contributed by atoms with van der Waals surface area (Å²) in [4.78, 5) is 12.6. The van der Waals surface area contributed by atoms with Gasteiger partial charge in [0, 0.05) is 0 Å². The van der Waals surface area contributed by atoms with Crippen LogP contribution in [0.15, 0.2) is 48.5 Å². The summed E-state index contributed by atoms with van der Waals surface area (Å²) in [6.45, 7) is 4.53. The lowest BCUT2D eigenvalue weighted by atomic mass is 9.68. The van der Waals surface area contributed by atoms with Crippen LogP contribution < -0.4 is 4.74 Å². The first-order valence-electron chi connectivity index (χ1n) is 14.1. The van der Waals surface area contributed by atoms with Crippen LogP contribution in [0.1, 0.15) is 118 Å². The molecule has 0 N–H and O–H groups in total. The van der Waals surface area contributed by atoms with Crippen LogP contribution in [0.2, 0.25) is 0 Å². The van der Waals surface area contributed by atoms with Crippen molar-refractivity contribution < 1.29 is 9.53 Å².